The second-order valence-corrected chi connectivity index (χ2v) is 5.12. The molecule has 0 aliphatic carbocycles. The molecule has 0 aliphatic heterocycles. The summed E-state index contributed by atoms with van der Waals surface area (Å²) in [7, 11) is 0. The number of halogens is 1. The van der Waals surface area contributed by atoms with Gasteiger partial charge in [-0.1, -0.05) is 0 Å². The van der Waals surface area contributed by atoms with Crippen molar-refractivity contribution in [1.82, 2.24) is 10.2 Å². The lowest BCUT2D eigenvalue weighted by molar-refractivity contribution is 0.296. The van der Waals surface area contributed by atoms with Crippen molar-refractivity contribution in [3.05, 3.63) is 22.7 Å². The van der Waals surface area contributed by atoms with Crippen LogP contribution in [0.1, 0.15) is 12.3 Å². The zero-order chi connectivity index (χ0) is 12.1. The Morgan fingerprint density at radius 3 is 2.88 bits per heavy atom. The van der Waals surface area contributed by atoms with Crippen molar-refractivity contribution in [2.75, 3.05) is 12.4 Å². The Hall–Kier alpha value is -0.790. The third-order valence-electron chi connectivity index (χ3n) is 1.92. The minimum absolute atomic E-state index is 0.211. The number of thioether (sulfide) groups is 1. The van der Waals surface area contributed by atoms with Crippen molar-refractivity contribution in [1.29, 1.82) is 0 Å². The molecule has 0 spiro atoms. The lowest BCUT2D eigenvalue weighted by Gasteiger charge is -1.94. The van der Waals surface area contributed by atoms with Crippen molar-refractivity contribution in [2.24, 2.45) is 0 Å². The molecule has 0 saturated heterocycles. The predicted octanol–water partition coefficient (Wildman–Crippen LogP) is 2.71. The molecule has 17 heavy (non-hydrogen) atoms. The first-order valence-corrected chi connectivity index (χ1v) is 7.01. The van der Waals surface area contributed by atoms with E-state index in [-0.39, 0.29) is 6.61 Å². The molecular formula is C10H11BrN2O3S. The fraction of sp³-hybridized carbons (Fsp3) is 0.400. The summed E-state index contributed by atoms with van der Waals surface area (Å²) >= 11 is 4.86. The predicted molar refractivity (Wildman–Crippen MR) is 67.6 cm³/mol. The smallest absolute Gasteiger partial charge is 0.283 e. The van der Waals surface area contributed by atoms with Gasteiger partial charge in [0.1, 0.15) is 0 Å². The number of furan rings is 1. The zero-order valence-electron chi connectivity index (χ0n) is 8.93. The standard InChI is InChI=1S/C10H11BrN2O3S/c11-8-3-2-7(15-8)10-13-12-9(16-10)6-17-5-1-4-14/h2-3,14H,1,4-6H2. The van der Waals surface area contributed by atoms with Crippen molar-refractivity contribution in [3.63, 3.8) is 0 Å². The minimum Gasteiger partial charge on any atom is -0.444 e. The number of aromatic nitrogens is 2. The average Bonchev–Trinajstić information content (AvgIpc) is 2.93. The number of hydrogen-bond donors (Lipinski definition) is 1. The summed E-state index contributed by atoms with van der Waals surface area (Å²) in [6.07, 6.45) is 0.775. The number of aliphatic hydroxyl groups excluding tert-OH is 1. The van der Waals surface area contributed by atoms with E-state index in [1.54, 1.807) is 23.9 Å². The Morgan fingerprint density at radius 1 is 1.29 bits per heavy atom. The summed E-state index contributed by atoms with van der Waals surface area (Å²) in [6, 6.07) is 3.54. The van der Waals surface area contributed by atoms with Gasteiger partial charge in [0.2, 0.25) is 5.89 Å². The molecule has 0 aromatic carbocycles. The lowest BCUT2D eigenvalue weighted by atomic mass is 10.5. The van der Waals surface area contributed by atoms with E-state index in [0.717, 1.165) is 12.2 Å². The minimum atomic E-state index is 0.211. The number of hydrogen-bond acceptors (Lipinski definition) is 6. The van der Waals surface area contributed by atoms with E-state index in [4.69, 9.17) is 13.9 Å². The van der Waals surface area contributed by atoms with Crippen LogP contribution >= 0.6 is 27.7 Å². The van der Waals surface area contributed by atoms with Crippen molar-refractivity contribution in [2.45, 2.75) is 12.2 Å². The molecule has 0 amide bonds. The van der Waals surface area contributed by atoms with Gasteiger partial charge in [-0.05, 0) is 40.2 Å². The Kier molecular flexibility index (Phi) is 4.64. The number of nitrogens with zero attached hydrogens (tertiary/aromatic N) is 2. The van der Waals surface area contributed by atoms with E-state index in [0.29, 0.717) is 28.0 Å². The Balaban J connectivity index is 1.92. The molecule has 0 fully saturated rings. The molecule has 0 bridgehead atoms. The van der Waals surface area contributed by atoms with Gasteiger partial charge in [0.15, 0.2) is 10.4 Å². The highest BCUT2D eigenvalue weighted by molar-refractivity contribution is 9.10. The van der Waals surface area contributed by atoms with Gasteiger partial charge >= 0.3 is 0 Å². The molecule has 2 aromatic rings. The van der Waals surface area contributed by atoms with Crippen molar-refractivity contribution < 1.29 is 13.9 Å². The maximum atomic E-state index is 8.64. The molecule has 5 nitrogen and oxygen atoms in total. The molecule has 0 saturated carbocycles. The SMILES string of the molecule is OCCCSCc1nnc(-c2ccc(Br)o2)o1. The van der Waals surface area contributed by atoms with Crippen LogP contribution in [0.15, 0.2) is 25.6 Å². The molecule has 0 atom stereocenters. The van der Waals surface area contributed by atoms with Gasteiger partial charge in [-0.2, -0.15) is 11.8 Å². The maximum absolute atomic E-state index is 8.64. The summed E-state index contributed by atoms with van der Waals surface area (Å²) in [5, 5.41) is 16.5. The number of rotatable bonds is 6. The largest absolute Gasteiger partial charge is 0.444 e. The van der Waals surface area contributed by atoms with Crippen LogP contribution in [0, 0.1) is 0 Å². The molecular weight excluding hydrogens is 308 g/mol. The first kappa shape index (κ1) is 12.7. The van der Waals surface area contributed by atoms with E-state index in [1.165, 1.54) is 0 Å². The van der Waals surface area contributed by atoms with Crippen LogP contribution in [0.25, 0.3) is 11.7 Å². The monoisotopic (exact) mass is 318 g/mol. The fourth-order valence-electron chi connectivity index (χ4n) is 1.17. The molecule has 0 aliphatic rings. The lowest BCUT2D eigenvalue weighted by Crippen LogP contribution is -1.87. The van der Waals surface area contributed by atoms with E-state index in [1.807, 2.05) is 0 Å². The van der Waals surface area contributed by atoms with Gasteiger partial charge in [-0.15, -0.1) is 10.2 Å². The Morgan fingerprint density at radius 2 is 2.18 bits per heavy atom. The summed E-state index contributed by atoms with van der Waals surface area (Å²) in [5.41, 5.74) is 0. The van der Waals surface area contributed by atoms with Crippen LogP contribution in [0.5, 0.6) is 0 Å². The van der Waals surface area contributed by atoms with Crippen molar-refractivity contribution >= 4 is 27.7 Å². The molecule has 0 radical (unpaired) electrons. The molecule has 2 rings (SSSR count). The number of aliphatic hydroxyl groups is 1. The normalized spacial score (nSPS) is 10.9. The van der Waals surface area contributed by atoms with Gasteiger partial charge in [0, 0.05) is 6.61 Å². The Bertz CT molecular complexity index is 472. The molecule has 92 valence electrons. The highest BCUT2D eigenvalue weighted by Crippen LogP contribution is 2.24. The second kappa shape index (κ2) is 6.23. The topological polar surface area (TPSA) is 72.3 Å². The van der Waals surface area contributed by atoms with E-state index in [9.17, 15) is 0 Å². The highest BCUT2D eigenvalue weighted by atomic mass is 79.9. The van der Waals surface area contributed by atoms with Gasteiger partial charge in [-0.3, -0.25) is 0 Å². The van der Waals surface area contributed by atoms with Gasteiger partial charge in [-0.25, -0.2) is 0 Å². The van der Waals surface area contributed by atoms with Gasteiger partial charge in [0.05, 0.1) is 5.75 Å². The van der Waals surface area contributed by atoms with Crippen LogP contribution in [0.2, 0.25) is 0 Å². The van der Waals surface area contributed by atoms with Crippen LogP contribution in [-0.2, 0) is 5.75 Å². The summed E-state index contributed by atoms with van der Waals surface area (Å²) in [6.45, 7) is 0.211. The first-order valence-electron chi connectivity index (χ1n) is 5.06. The molecule has 1 N–H and O–H groups in total. The molecule has 0 unspecified atom stereocenters. The third-order valence-corrected chi connectivity index (χ3v) is 3.38. The average molecular weight is 319 g/mol. The molecule has 7 heteroatoms. The van der Waals surface area contributed by atoms with E-state index >= 15 is 0 Å². The van der Waals surface area contributed by atoms with Gasteiger partial charge < -0.3 is 13.9 Å². The van der Waals surface area contributed by atoms with E-state index < -0.39 is 0 Å². The quantitative estimate of drug-likeness (QED) is 0.826. The van der Waals surface area contributed by atoms with Crippen LogP contribution < -0.4 is 0 Å². The van der Waals surface area contributed by atoms with Crippen LogP contribution in [0.4, 0.5) is 0 Å². The van der Waals surface area contributed by atoms with Crippen LogP contribution in [0.3, 0.4) is 0 Å². The molecule has 2 aromatic heterocycles. The summed E-state index contributed by atoms with van der Waals surface area (Å²) < 4.78 is 11.4. The molecule has 2 heterocycles. The van der Waals surface area contributed by atoms with Crippen LogP contribution in [-0.4, -0.2) is 27.7 Å². The third kappa shape index (κ3) is 3.58. The zero-order valence-corrected chi connectivity index (χ0v) is 11.3. The Labute approximate surface area is 111 Å². The first-order chi connectivity index (χ1) is 8.29. The summed E-state index contributed by atoms with van der Waals surface area (Å²) in [4.78, 5) is 0. The van der Waals surface area contributed by atoms with Crippen molar-refractivity contribution in [3.8, 4) is 11.7 Å². The van der Waals surface area contributed by atoms with E-state index in [2.05, 4.69) is 26.1 Å². The summed E-state index contributed by atoms with van der Waals surface area (Å²) in [5.74, 6) is 3.02. The van der Waals surface area contributed by atoms with Gasteiger partial charge in [0.25, 0.3) is 5.89 Å². The maximum Gasteiger partial charge on any atom is 0.283 e. The second-order valence-electron chi connectivity index (χ2n) is 3.23. The highest BCUT2D eigenvalue weighted by Gasteiger charge is 2.11. The fourth-order valence-corrected chi connectivity index (χ4v) is 2.24.